The Morgan fingerprint density at radius 2 is 0.795 bits per heavy atom. The molecule has 0 saturated carbocycles. The minimum atomic E-state index is -1.79. The average Bonchev–Trinajstić information content (AvgIpc) is 3.47. The van der Waals surface area contributed by atoms with Crippen molar-refractivity contribution in [3.05, 3.63) is 48.6 Å². The smallest absolute Gasteiger partial charge is 0.220 e. The van der Waals surface area contributed by atoms with Gasteiger partial charge in [0.2, 0.25) is 5.91 Å². The largest absolute Gasteiger partial charge is 0.394 e. The highest BCUT2D eigenvalue weighted by atomic mass is 16.7. The number of hydrogen-bond donors (Lipinski definition) is 9. The van der Waals surface area contributed by atoms with Crippen molar-refractivity contribution in [3.8, 4) is 0 Å². The van der Waals surface area contributed by atoms with Crippen LogP contribution < -0.4 is 5.32 Å². The van der Waals surface area contributed by atoms with Crippen LogP contribution in [0.15, 0.2) is 48.6 Å². The summed E-state index contributed by atoms with van der Waals surface area (Å²) in [7, 11) is 0. The number of rotatable bonds is 56. The first kappa shape index (κ1) is 77.0. The zero-order valence-electron chi connectivity index (χ0n) is 52.7. The van der Waals surface area contributed by atoms with Gasteiger partial charge in [0.25, 0.3) is 0 Å². The molecule has 0 radical (unpaired) electrons. The summed E-state index contributed by atoms with van der Waals surface area (Å²) in [6.07, 6.45) is 53.5. The van der Waals surface area contributed by atoms with Gasteiger partial charge in [0.15, 0.2) is 12.6 Å². The second-order valence-corrected chi connectivity index (χ2v) is 24.3. The molecule has 0 spiro atoms. The molecule has 1 amide bonds. The van der Waals surface area contributed by atoms with E-state index in [4.69, 9.17) is 18.9 Å². The Kier molecular flexibility index (Phi) is 50.2. The van der Waals surface area contributed by atoms with Crippen LogP contribution in [0.25, 0.3) is 0 Å². The van der Waals surface area contributed by atoms with Gasteiger partial charge in [-0.25, -0.2) is 0 Å². The number of nitrogens with one attached hydrogen (secondary N) is 1. The SMILES string of the molecule is CCCCCCC/C=C\C/C=C\C/C=C\CCCCCCCCCCCCCCCCCCCCCCCCCCC(=O)NC(COC1OC(CO)C(OC2OC(CO)C(O)C(O)C2O)C(O)C1O)C(O)/C=C/CCCCCCCCCC. The van der Waals surface area contributed by atoms with Crippen LogP contribution in [0.3, 0.4) is 0 Å². The number of carbonyl (C=O) groups excluding carboxylic acids is 1. The van der Waals surface area contributed by atoms with Crippen molar-refractivity contribution in [2.45, 2.75) is 364 Å². The third-order valence-electron chi connectivity index (χ3n) is 16.8. The molecule has 12 unspecified atom stereocenters. The van der Waals surface area contributed by atoms with Crippen LogP contribution >= 0.6 is 0 Å². The summed E-state index contributed by atoms with van der Waals surface area (Å²) in [4.78, 5) is 13.2. The van der Waals surface area contributed by atoms with Gasteiger partial charge in [-0.05, 0) is 57.8 Å². The van der Waals surface area contributed by atoms with Gasteiger partial charge in [0.1, 0.15) is 48.8 Å². The lowest BCUT2D eigenvalue weighted by molar-refractivity contribution is -0.359. The van der Waals surface area contributed by atoms with Gasteiger partial charge < -0.3 is 65.1 Å². The van der Waals surface area contributed by atoms with Crippen LogP contribution in [0.5, 0.6) is 0 Å². The third-order valence-corrected chi connectivity index (χ3v) is 16.8. The molecule has 2 aliphatic rings. The number of aliphatic hydroxyl groups excluding tert-OH is 8. The minimum absolute atomic E-state index is 0.237. The molecule has 2 aliphatic heterocycles. The molecular weight excluding hydrogens is 1050 g/mol. The first-order valence-corrected chi connectivity index (χ1v) is 34.4. The van der Waals surface area contributed by atoms with Crippen molar-refractivity contribution in [1.82, 2.24) is 5.32 Å². The fraction of sp³-hybridized carbons (Fsp3) is 0.870. The van der Waals surface area contributed by atoms with Crippen molar-refractivity contribution in [2.24, 2.45) is 0 Å². The van der Waals surface area contributed by atoms with Crippen molar-refractivity contribution in [1.29, 1.82) is 0 Å². The molecule has 0 aliphatic carbocycles. The topological polar surface area (TPSA) is 228 Å². The van der Waals surface area contributed by atoms with Gasteiger partial charge in [-0.2, -0.15) is 0 Å². The number of hydrogen-bond acceptors (Lipinski definition) is 13. The van der Waals surface area contributed by atoms with Gasteiger partial charge in [0, 0.05) is 6.42 Å². The van der Waals surface area contributed by atoms with Gasteiger partial charge in [-0.1, -0.05) is 274 Å². The second kappa shape index (κ2) is 54.1. The molecule has 0 aromatic rings. The lowest BCUT2D eigenvalue weighted by Crippen LogP contribution is -2.65. The molecule has 0 aromatic carbocycles. The zero-order chi connectivity index (χ0) is 60.2. The number of amides is 1. The maximum absolute atomic E-state index is 13.2. The monoisotopic (exact) mass is 1180 g/mol. The number of ether oxygens (including phenoxy) is 4. The molecule has 486 valence electrons. The van der Waals surface area contributed by atoms with E-state index in [-0.39, 0.29) is 18.9 Å². The van der Waals surface area contributed by atoms with Crippen molar-refractivity contribution in [3.63, 3.8) is 0 Å². The maximum atomic E-state index is 13.2. The summed E-state index contributed by atoms with van der Waals surface area (Å²) in [5.41, 5.74) is 0. The van der Waals surface area contributed by atoms with E-state index in [1.165, 1.54) is 212 Å². The number of allylic oxidation sites excluding steroid dienone is 7. The van der Waals surface area contributed by atoms with Gasteiger partial charge in [0.05, 0.1) is 32.0 Å². The first-order chi connectivity index (χ1) is 40.6. The van der Waals surface area contributed by atoms with E-state index in [1.54, 1.807) is 6.08 Å². The van der Waals surface area contributed by atoms with Crippen LogP contribution in [0, 0.1) is 0 Å². The molecule has 14 heteroatoms. The van der Waals surface area contributed by atoms with Crippen LogP contribution in [0.2, 0.25) is 0 Å². The molecule has 14 nitrogen and oxygen atoms in total. The normalized spacial score (nSPS) is 24.1. The molecule has 2 saturated heterocycles. The second-order valence-electron chi connectivity index (χ2n) is 24.3. The van der Waals surface area contributed by atoms with E-state index in [2.05, 4.69) is 55.6 Å². The van der Waals surface area contributed by atoms with E-state index in [0.717, 1.165) is 51.4 Å². The summed E-state index contributed by atoms with van der Waals surface area (Å²) in [6.45, 7) is 2.77. The van der Waals surface area contributed by atoms with Crippen LogP contribution in [0.4, 0.5) is 0 Å². The molecule has 83 heavy (non-hydrogen) atoms. The first-order valence-electron chi connectivity index (χ1n) is 34.4. The predicted octanol–water partition coefficient (Wildman–Crippen LogP) is 13.5. The Balaban J connectivity index is 1.52. The Morgan fingerprint density at radius 1 is 0.434 bits per heavy atom. The molecular formula is C69H127NO13. The summed E-state index contributed by atoms with van der Waals surface area (Å²) in [6, 6.07) is -0.911. The fourth-order valence-electron chi connectivity index (χ4n) is 11.2. The molecule has 9 N–H and O–H groups in total. The molecule has 12 atom stereocenters. The molecule has 0 bridgehead atoms. The van der Waals surface area contributed by atoms with Crippen molar-refractivity contribution >= 4 is 5.91 Å². The maximum Gasteiger partial charge on any atom is 0.220 e. The van der Waals surface area contributed by atoms with Crippen LogP contribution in [-0.2, 0) is 23.7 Å². The Morgan fingerprint density at radius 3 is 1.22 bits per heavy atom. The van der Waals surface area contributed by atoms with Crippen molar-refractivity contribution < 1.29 is 64.6 Å². The summed E-state index contributed by atoms with van der Waals surface area (Å²) >= 11 is 0. The molecule has 2 fully saturated rings. The van der Waals surface area contributed by atoms with E-state index < -0.39 is 86.8 Å². The molecule has 2 heterocycles. The van der Waals surface area contributed by atoms with E-state index in [9.17, 15) is 45.6 Å². The van der Waals surface area contributed by atoms with E-state index >= 15 is 0 Å². The highest BCUT2D eigenvalue weighted by molar-refractivity contribution is 5.76. The lowest BCUT2D eigenvalue weighted by Gasteiger charge is -2.46. The standard InChI is InChI=1S/C69H127NO13/c1-3-5-7-9-11-13-15-16-17-18-19-20-21-22-23-24-25-26-27-28-29-30-31-32-33-34-35-36-37-38-39-40-41-42-43-45-47-49-51-53-61(74)70-57(58(73)52-50-48-46-44-14-12-10-8-6-4-2)56-80-68-66(79)64(77)67(60(55-72)82-68)83-69-65(78)63(76)62(75)59(54-71)81-69/h15-16,18-19,21-22,50,52,57-60,62-69,71-73,75-79H,3-14,17,20,23-49,51,53-56H2,1-2H3,(H,70,74)/b16-15-,19-18-,22-21-,52-50+. The highest BCUT2D eigenvalue weighted by Gasteiger charge is 2.51. The third kappa shape index (κ3) is 38.8. The highest BCUT2D eigenvalue weighted by Crippen LogP contribution is 2.30. The Hall–Kier alpha value is -2.05. The van der Waals surface area contributed by atoms with Gasteiger partial charge in [-0.15, -0.1) is 0 Å². The Labute approximate surface area is 505 Å². The predicted molar refractivity (Wildman–Crippen MR) is 337 cm³/mol. The van der Waals surface area contributed by atoms with Gasteiger partial charge in [-0.3, -0.25) is 4.79 Å². The molecule has 0 aromatic heterocycles. The minimum Gasteiger partial charge on any atom is -0.394 e. The summed E-state index contributed by atoms with van der Waals surface area (Å²) in [5.74, 6) is -0.237. The Bertz CT molecular complexity index is 1580. The number of carbonyl (C=O) groups is 1. The van der Waals surface area contributed by atoms with E-state index in [0.29, 0.717) is 6.42 Å². The summed E-state index contributed by atoms with van der Waals surface area (Å²) in [5, 5.41) is 87.0. The van der Waals surface area contributed by atoms with E-state index in [1.807, 2.05) is 6.08 Å². The number of unbranched alkanes of at least 4 members (excludes halogenated alkanes) is 37. The summed E-state index contributed by atoms with van der Waals surface area (Å²) < 4.78 is 22.8. The fourth-order valence-corrected chi connectivity index (χ4v) is 11.2. The quantitative estimate of drug-likeness (QED) is 0.0204. The van der Waals surface area contributed by atoms with Gasteiger partial charge >= 0.3 is 0 Å². The zero-order valence-corrected chi connectivity index (χ0v) is 52.7. The van der Waals surface area contributed by atoms with Crippen LogP contribution in [-0.4, -0.2) is 140 Å². The lowest BCUT2D eigenvalue weighted by atomic mass is 9.97. The number of aliphatic hydroxyl groups is 8. The molecule has 2 rings (SSSR count). The van der Waals surface area contributed by atoms with Crippen LogP contribution in [0.1, 0.15) is 290 Å². The average molecular weight is 1180 g/mol. The van der Waals surface area contributed by atoms with Crippen molar-refractivity contribution in [2.75, 3.05) is 19.8 Å².